The van der Waals surface area contributed by atoms with E-state index in [-0.39, 0.29) is 5.69 Å². The smallest absolute Gasteiger partial charge is 0.331 e. The van der Waals surface area contributed by atoms with Gasteiger partial charge in [0.25, 0.3) is 11.6 Å². The predicted octanol–water partition coefficient (Wildman–Crippen LogP) is 3.44. The van der Waals surface area contributed by atoms with Crippen LogP contribution in [0.25, 0.3) is 6.08 Å². The molecule has 0 bridgehead atoms. The van der Waals surface area contributed by atoms with Crippen molar-refractivity contribution >= 4 is 40.9 Å². The van der Waals surface area contributed by atoms with Crippen LogP contribution < -0.4 is 5.32 Å². The number of anilines is 1. The Bertz CT molecular complexity index is 801. The molecule has 2 aromatic rings. The van der Waals surface area contributed by atoms with Crippen LogP contribution in [0.15, 0.2) is 54.6 Å². The maximum atomic E-state index is 11.7. The number of nitro groups is 1. The van der Waals surface area contributed by atoms with E-state index in [0.29, 0.717) is 16.3 Å². The summed E-state index contributed by atoms with van der Waals surface area (Å²) >= 11 is 5.74. The van der Waals surface area contributed by atoms with Crippen LogP contribution in [0.4, 0.5) is 11.4 Å². The molecule has 0 saturated heterocycles. The summed E-state index contributed by atoms with van der Waals surface area (Å²) in [5, 5.41) is 13.6. The molecule has 0 radical (unpaired) electrons. The first-order valence-electron chi connectivity index (χ1n) is 7.09. The molecule has 128 valence electrons. The van der Waals surface area contributed by atoms with Crippen molar-refractivity contribution in [3.8, 4) is 0 Å². The molecule has 0 unspecified atom stereocenters. The van der Waals surface area contributed by atoms with E-state index < -0.39 is 23.4 Å². The van der Waals surface area contributed by atoms with E-state index >= 15 is 0 Å². The van der Waals surface area contributed by atoms with Crippen molar-refractivity contribution in [2.45, 2.75) is 0 Å². The predicted molar refractivity (Wildman–Crippen MR) is 93.2 cm³/mol. The first-order valence-corrected chi connectivity index (χ1v) is 7.46. The Labute approximate surface area is 148 Å². The fraction of sp³-hybridized carbons (Fsp3) is 0.0588. The van der Waals surface area contributed by atoms with Crippen molar-refractivity contribution in [3.05, 3.63) is 75.3 Å². The average Bonchev–Trinajstić information content (AvgIpc) is 2.60. The second-order valence-corrected chi connectivity index (χ2v) is 5.28. The van der Waals surface area contributed by atoms with Gasteiger partial charge in [-0.25, -0.2) is 4.79 Å². The second kappa shape index (κ2) is 8.60. The Hall–Kier alpha value is -3.19. The van der Waals surface area contributed by atoms with Crippen molar-refractivity contribution in [2.75, 3.05) is 11.9 Å². The summed E-state index contributed by atoms with van der Waals surface area (Å²) in [5.41, 5.74) is 1.08. The van der Waals surface area contributed by atoms with Crippen molar-refractivity contribution < 1.29 is 19.2 Å². The standard InChI is InChI=1S/C17H13ClN2O5/c18-13-4-6-14(7-5-13)19-16(21)11-25-17(22)10-3-12-1-8-15(9-2-12)20(23)24/h1-10H,11H2,(H,19,21)/b10-3+. The first kappa shape index (κ1) is 18.2. The molecule has 0 aliphatic rings. The van der Waals surface area contributed by atoms with Crippen molar-refractivity contribution in [1.29, 1.82) is 0 Å². The number of nitrogens with zero attached hydrogens (tertiary/aromatic N) is 1. The van der Waals surface area contributed by atoms with Crippen molar-refractivity contribution in [1.82, 2.24) is 0 Å². The molecule has 0 aliphatic heterocycles. The lowest BCUT2D eigenvalue weighted by Crippen LogP contribution is -2.20. The number of amides is 1. The molecule has 0 fully saturated rings. The third-order valence-corrected chi connectivity index (χ3v) is 3.24. The molecule has 1 amide bonds. The zero-order valence-corrected chi connectivity index (χ0v) is 13.6. The Morgan fingerprint density at radius 2 is 1.76 bits per heavy atom. The zero-order chi connectivity index (χ0) is 18.2. The molecule has 0 aliphatic carbocycles. The number of hydrogen-bond donors (Lipinski definition) is 1. The molecule has 0 aromatic heterocycles. The van der Waals surface area contributed by atoms with Crippen molar-refractivity contribution in [2.24, 2.45) is 0 Å². The van der Waals surface area contributed by atoms with E-state index in [1.807, 2.05) is 0 Å². The molecule has 2 aromatic carbocycles. The first-order chi connectivity index (χ1) is 11.9. The van der Waals surface area contributed by atoms with Gasteiger partial charge in [0.2, 0.25) is 0 Å². The summed E-state index contributed by atoms with van der Waals surface area (Å²) in [7, 11) is 0. The number of nitrogens with one attached hydrogen (secondary N) is 1. The summed E-state index contributed by atoms with van der Waals surface area (Å²) < 4.78 is 4.81. The lowest BCUT2D eigenvalue weighted by molar-refractivity contribution is -0.384. The molecule has 0 atom stereocenters. The Morgan fingerprint density at radius 3 is 2.36 bits per heavy atom. The van der Waals surface area contributed by atoms with Crippen LogP contribution >= 0.6 is 11.6 Å². The highest BCUT2D eigenvalue weighted by Crippen LogP contribution is 2.14. The summed E-state index contributed by atoms with van der Waals surface area (Å²) in [6.07, 6.45) is 2.57. The van der Waals surface area contributed by atoms with E-state index in [1.54, 1.807) is 24.3 Å². The van der Waals surface area contributed by atoms with Crippen LogP contribution in [0, 0.1) is 10.1 Å². The monoisotopic (exact) mass is 360 g/mol. The van der Waals surface area contributed by atoms with Gasteiger partial charge in [-0.15, -0.1) is 0 Å². The molecule has 0 spiro atoms. The van der Waals surface area contributed by atoms with Crippen molar-refractivity contribution in [3.63, 3.8) is 0 Å². The third-order valence-electron chi connectivity index (χ3n) is 2.99. The number of carbonyl (C=O) groups is 2. The van der Waals surface area contributed by atoms with Gasteiger partial charge in [0.1, 0.15) is 0 Å². The molecule has 25 heavy (non-hydrogen) atoms. The Kier molecular flexibility index (Phi) is 6.25. The average molecular weight is 361 g/mol. The summed E-state index contributed by atoms with van der Waals surface area (Å²) in [6, 6.07) is 12.1. The van der Waals surface area contributed by atoms with Gasteiger partial charge in [-0.3, -0.25) is 14.9 Å². The second-order valence-electron chi connectivity index (χ2n) is 4.84. The van der Waals surface area contributed by atoms with Crippen LogP contribution in [-0.2, 0) is 14.3 Å². The van der Waals surface area contributed by atoms with E-state index in [1.165, 1.54) is 30.3 Å². The molecule has 7 nitrogen and oxygen atoms in total. The zero-order valence-electron chi connectivity index (χ0n) is 12.8. The lowest BCUT2D eigenvalue weighted by Gasteiger charge is -2.05. The number of benzene rings is 2. The van der Waals surface area contributed by atoms with Gasteiger partial charge >= 0.3 is 5.97 Å². The fourth-order valence-corrected chi connectivity index (χ4v) is 1.91. The summed E-state index contributed by atoms with van der Waals surface area (Å²) in [5.74, 6) is -1.19. The number of nitro benzene ring substituents is 1. The van der Waals surface area contributed by atoms with E-state index in [2.05, 4.69) is 5.32 Å². The van der Waals surface area contributed by atoms with E-state index in [4.69, 9.17) is 16.3 Å². The molecular weight excluding hydrogens is 348 g/mol. The number of rotatable bonds is 6. The highest BCUT2D eigenvalue weighted by atomic mass is 35.5. The lowest BCUT2D eigenvalue weighted by atomic mass is 10.2. The van der Waals surface area contributed by atoms with Gasteiger partial charge < -0.3 is 10.1 Å². The quantitative estimate of drug-likeness (QED) is 0.368. The maximum absolute atomic E-state index is 11.7. The SMILES string of the molecule is O=C(COC(=O)/C=C/c1ccc([N+](=O)[O-])cc1)Nc1ccc(Cl)cc1. The Morgan fingerprint density at radius 1 is 1.12 bits per heavy atom. The van der Waals surface area contributed by atoms with Crippen LogP contribution in [0.2, 0.25) is 5.02 Å². The summed E-state index contributed by atoms with van der Waals surface area (Å²) in [4.78, 5) is 33.3. The molecule has 8 heteroatoms. The number of ether oxygens (including phenoxy) is 1. The molecule has 2 rings (SSSR count). The minimum atomic E-state index is -0.704. The molecule has 0 saturated carbocycles. The fourth-order valence-electron chi connectivity index (χ4n) is 1.79. The highest BCUT2D eigenvalue weighted by molar-refractivity contribution is 6.30. The van der Waals surface area contributed by atoms with Crippen LogP contribution in [0.3, 0.4) is 0 Å². The topological polar surface area (TPSA) is 98.5 Å². The summed E-state index contributed by atoms with van der Waals surface area (Å²) in [6.45, 7) is -0.438. The van der Waals surface area contributed by atoms with Gasteiger partial charge in [0, 0.05) is 28.9 Å². The van der Waals surface area contributed by atoms with Crippen LogP contribution in [0.5, 0.6) is 0 Å². The highest BCUT2D eigenvalue weighted by Gasteiger charge is 2.06. The van der Waals surface area contributed by atoms with Crippen LogP contribution in [0.1, 0.15) is 5.56 Å². The minimum Gasteiger partial charge on any atom is -0.452 e. The van der Waals surface area contributed by atoms with Gasteiger partial charge in [-0.1, -0.05) is 11.6 Å². The van der Waals surface area contributed by atoms with Crippen LogP contribution in [-0.4, -0.2) is 23.4 Å². The largest absolute Gasteiger partial charge is 0.452 e. The molecular formula is C17H13ClN2O5. The van der Waals surface area contributed by atoms with Gasteiger partial charge in [-0.2, -0.15) is 0 Å². The van der Waals surface area contributed by atoms with E-state index in [9.17, 15) is 19.7 Å². The Balaban J connectivity index is 1.80. The number of halogens is 1. The normalized spacial score (nSPS) is 10.4. The van der Waals surface area contributed by atoms with Gasteiger partial charge in [0.15, 0.2) is 6.61 Å². The number of esters is 1. The number of non-ortho nitro benzene ring substituents is 1. The maximum Gasteiger partial charge on any atom is 0.331 e. The third kappa shape index (κ3) is 6.08. The molecule has 1 N–H and O–H groups in total. The molecule has 0 heterocycles. The number of hydrogen-bond acceptors (Lipinski definition) is 5. The van der Waals surface area contributed by atoms with E-state index in [0.717, 1.165) is 6.08 Å². The van der Waals surface area contributed by atoms with Gasteiger partial charge in [0.05, 0.1) is 4.92 Å². The minimum absolute atomic E-state index is 0.0430. The number of carbonyl (C=O) groups excluding carboxylic acids is 2. The van der Waals surface area contributed by atoms with Gasteiger partial charge in [-0.05, 0) is 48.0 Å².